The van der Waals surface area contributed by atoms with Crippen LogP contribution in [-0.2, 0) is 0 Å². The number of thiazole rings is 1. The summed E-state index contributed by atoms with van der Waals surface area (Å²) in [6.07, 6.45) is 1.46. The third-order valence-corrected chi connectivity index (χ3v) is 6.69. The highest BCUT2D eigenvalue weighted by Crippen LogP contribution is 2.35. The van der Waals surface area contributed by atoms with Gasteiger partial charge in [-0.15, -0.1) is 11.3 Å². The lowest BCUT2D eigenvalue weighted by Gasteiger charge is -2.31. The van der Waals surface area contributed by atoms with E-state index >= 15 is 0 Å². The minimum Gasteiger partial charge on any atom is -0.339 e. The zero-order valence-corrected chi connectivity index (χ0v) is 17.1. The van der Waals surface area contributed by atoms with E-state index in [1.807, 2.05) is 18.2 Å². The van der Waals surface area contributed by atoms with Gasteiger partial charge in [0.05, 0.1) is 25.7 Å². The van der Waals surface area contributed by atoms with Gasteiger partial charge in [0, 0.05) is 35.7 Å². The number of benzene rings is 2. The summed E-state index contributed by atoms with van der Waals surface area (Å²) in [6, 6.07) is 7.87. The van der Waals surface area contributed by atoms with E-state index in [9.17, 15) is 19.3 Å². The number of hydrogen-bond donors (Lipinski definition) is 0. The van der Waals surface area contributed by atoms with E-state index in [1.165, 1.54) is 6.92 Å². The fourth-order valence-corrected chi connectivity index (χ4v) is 4.87. The first-order valence-electron chi connectivity index (χ1n) is 9.13. The molecule has 150 valence electrons. The van der Waals surface area contributed by atoms with Crippen LogP contribution in [0.4, 0.5) is 10.1 Å². The first kappa shape index (κ1) is 19.7. The first-order chi connectivity index (χ1) is 13.8. The summed E-state index contributed by atoms with van der Waals surface area (Å²) in [6.45, 7) is 2.31. The predicted octanol–water partition coefficient (Wildman–Crippen LogP) is 5.33. The van der Waals surface area contributed by atoms with Gasteiger partial charge in [0.1, 0.15) is 5.82 Å². The van der Waals surface area contributed by atoms with Crippen LogP contribution in [0.3, 0.4) is 0 Å². The molecule has 1 aliphatic heterocycles. The molecule has 0 N–H and O–H groups in total. The number of likely N-dealkylation sites (tertiary alicyclic amines) is 1. The van der Waals surface area contributed by atoms with Crippen molar-refractivity contribution in [2.24, 2.45) is 0 Å². The monoisotopic (exact) mass is 433 g/mol. The molecule has 1 saturated heterocycles. The maximum absolute atomic E-state index is 14.0. The molecule has 0 saturated carbocycles. The summed E-state index contributed by atoms with van der Waals surface area (Å²) in [4.78, 5) is 29.5. The Morgan fingerprint density at radius 1 is 1.31 bits per heavy atom. The highest BCUT2D eigenvalue weighted by atomic mass is 35.5. The van der Waals surface area contributed by atoms with Crippen molar-refractivity contribution in [2.45, 2.75) is 25.7 Å². The molecule has 1 aromatic heterocycles. The van der Waals surface area contributed by atoms with Gasteiger partial charge in [-0.25, -0.2) is 9.37 Å². The van der Waals surface area contributed by atoms with Crippen LogP contribution >= 0.6 is 22.9 Å². The Labute approximate surface area is 175 Å². The molecule has 0 unspecified atom stereocenters. The number of nitrogens with zero attached hydrogens (tertiary/aromatic N) is 3. The number of nitro groups is 1. The van der Waals surface area contributed by atoms with Crippen LogP contribution in [-0.4, -0.2) is 33.8 Å². The maximum Gasteiger partial charge on any atom is 0.276 e. The zero-order chi connectivity index (χ0) is 20.7. The van der Waals surface area contributed by atoms with Gasteiger partial charge < -0.3 is 4.90 Å². The van der Waals surface area contributed by atoms with Crippen LogP contribution in [0, 0.1) is 22.9 Å². The van der Waals surface area contributed by atoms with Gasteiger partial charge in [-0.2, -0.15) is 0 Å². The lowest BCUT2D eigenvalue weighted by atomic mass is 9.96. The summed E-state index contributed by atoms with van der Waals surface area (Å²) in [7, 11) is 0. The molecule has 2 heterocycles. The fraction of sp³-hybridized carbons (Fsp3) is 0.300. The van der Waals surface area contributed by atoms with E-state index in [0.717, 1.165) is 40.2 Å². The van der Waals surface area contributed by atoms with E-state index in [1.54, 1.807) is 16.2 Å². The van der Waals surface area contributed by atoms with Crippen molar-refractivity contribution < 1.29 is 14.1 Å². The molecule has 0 atom stereocenters. The molecule has 1 amide bonds. The normalized spacial score (nSPS) is 15.1. The van der Waals surface area contributed by atoms with Crippen molar-refractivity contribution in [2.75, 3.05) is 13.1 Å². The van der Waals surface area contributed by atoms with E-state index < -0.39 is 10.7 Å². The smallest absolute Gasteiger partial charge is 0.276 e. The molecule has 3 aromatic rings. The van der Waals surface area contributed by atoms with Crippen LogP contribution in [0.2, 0.25) is 5.02 Å². The summed E-state index contributed by atoms with van der Waals surface area (Å²) in [5.41, 5.74) is 0.434. The van der Waals surface area contributed by atoms with Gasteiger partial charge in [0.15, 0.2) is 0 Å². The van der Waals surface area contributed by atoms with Crippen molar-refractivity contribution >= 4 is 44.7 Å². The van der Waals surface area contributed by atoms with Crippen molar-refractivity contribution in [3.8, 4) is 0 Å². The molecule has 0 bridgehead atoms. The Kier molecular flexibility index (Phi) is 5.23. The van der Waals surface area contributed by atoms with Crippen LogP contribution in [0.5, 0.6) is 0 Å². The third kappa shape index (κ3) is 3.82. The molecule has 6 nitrogen and oxygen atoms in total. The molecular weight excluding hydrogens is 417 g/mol. The van der Waals surface area contributed by atoms with Crippen LogP contribution in [0.25, 0.3) is 10.2 Å². The number of fused-ring (bicyclic) bond motifs is 1. The number of carbonyl (C=O) groups is 1. The number of aromatic nitrogens is 1. The summed E-state index contributed by atoms with van der Waals surface area (Å²) < 4.78 is 15.1. The number of hydrogen-bond acceptors (Lipinski definition) is 5. The molecular formula is C20H17ClFN3O3S. The summed E-state index contributed by atoms with van der Waals surface area (Å²) >= 11 is 7.66. The largest absolute Gasteiger partial charge is 0.339 e. The minimum atomic E-state index is -0.745. The summed E-state index contributed by atoms with van der Waals surface area (Å²) in [5.74, 6) is -0.897. The molecule has 9 heteroatoms. The van der Waals surface area contributed by atoms with E-state index in [-0.39, 0.29) is 28.6 Å². The maximum atomic E-state index is 14.0. The van der Waals surface area contributed by atoms with Gasteiger partial charge >= 0.3 is 0 Å². The lowest BCUT2D eigenvalue weighted by molar-refractivity contribution is -0.385. The van der Waals surface area contributed by atoms with Gasteiger partial charge in [-0.05, 0) is 44.0 Å². The molecule has 4 rings (SSSR count). The summed E-state index contributed by atoms with van der Waals surface area (Å²) in [5, 5.41) is 12.8. The average Bonchev–Trinajstić information content (AvgIpc) is 3.12. The second-order valence-corrected chi connectivity index (χ2v) is 8.59. The standard InChI is InChI=1S/C20H17ClFN3O3S/c1-11-15(22)8-13(9-17(11)25(27)28)20(26)24-6-4-12(5-7-24)19-23-16-10-14(21)2-3-18(16)29-19/h2-3,8-10,12H,4-7H2,1H3. The fourth-order valence-electron chi connectivity index (χ4n) is 3.58. The number of halogens is 2. The van der Waals surface area contributed by atoms with E-state index in [0.29, 0.717) is 18.1 Å². The van der Waals surface area contributed by atoms with Crippen molar-refractivity contribution in [3.63, 3.8) is 0 Å². The molecule has 0 aliphatic carbocycles. The topological polar surface area (TPSA) is 76.3 Å². The Morgan fingerprint density at radius 2 is 2.03 bits per heavy atom. The quantitative estimate of drug-likeness (QED) is 0.413. The molecule has 2 aromatic carbocycles. The molecule has 0 spiro atoms. The molecule has 1 aliphatic rings. The Balaban J connectivity index is 1.49. The number of nitro benzene ring substituents is 1. The van der Waals surface area contributed by atoms with Crippen molar-refractivity contribution in [3.05, 3.63) is 67.4 Å². The van der Waals surface area contributed by atoms with Gasteiger partial charge in [-0.1, -0.05) is 11.6 Å². The van der Waals surface area contributed by atoms with Gasteiger partial charge in [-0.3, -0.25) is 14.9 Å². The van der Waals surface area contributed by atoms with E-state index in [2.05, 4.69) is 4.98 Å². The van der Waals surface area contributed by atoms with Crippen molar-refractivity contribution in [1.29, 1.82) is 0 Å². The number of carbonyl (C=O) groups excluding carboxylic acids is 1. The average molecular weight is 434 g/mol. The third-order valence-electron chi connectivity index (χ3n) is 5.26. The SMILES string of the molecule is Cc1c(F)cc(C(=O)N2CCC(c3nc4cc(Cl)ccc4s3)CC2)cc1[N+](=O)[O-]. The van der Waals surface area contributed by atoms with Crippen LogP contribution < -0.4 is 0 Å². The number of rotatable bonds is 3. The first-order valence-corrected chi connectivity index (χ1v) is 10.3. The highest BCUT2D eigenvalue weighted by molar-refractivity contribution is 7.18. The van der Waals surface area contributed by atoms with Gasteiger partial charge in [0.2, 0.25) is 0 Å². The second-order valence-electron chi connectivity index (χ2n) is 7.09. The highest BCUT2D eigenvalue weighted by Gasteiger charge is 2.28. The molecule has 1 fully saturated rings. The molecule has 29 heavy (non-hydrogen) atoms. The van der Waals surface area contributed by atoms with Crippen molar-refractivity contribution in [1.82, 2.24) is 9.88 Å². The predicted molar refractivity (Wildman–Crippen MR) is 110 cm³/mol. The van der Waals surface area contributed by atoms with Gasteiger partial charge in [0.25, 0.3) is 11.6 Å². The lowest BCUT2D eigenvalue weighted by Crippen LogP contribution is -2.38. The second kappa shape index (κ2) is 7.68. The number of amides is 1. The minimum absolute atomic E-state index is 0.00730. The zero-order valence-electron chi connectivity index (χ0n) is 15.5. The number of piperidine rings is 1. The Bertz CT molecular complexity index is 1130. The van der Waals surface area contributed by atoms with Crippen LogP contribution in [0.15, 0.2) is 30.3 Å². The Morgan fingerprint density at radius 3 is 2.72 bits per heavy atom. The van der Waals surface area contributed by atoms with E-state index in [4.69, 9.17) is 11.6 Å². The molecule has 0 radical (unpaired) electrons. The Hall–Kier alpha value is -2.58. The van der Waals surface area contributed by atoms with Crippen LogP contribution in [0.1, 0.15) is 39.7 Å².